The van der Waals surface area contributed by atoms with Gasteiger partial charge in [0.2, 0.25) is 0 Å². The van der Waals surface area contributed by atoms with E-state index < -0.39 is 0 Å². The number of nitrogens with two attached hydrogens (primary N) is 1. The van der Waals surface area contributed by atoms with Gasteiger partial charge in [0, 0.05) is 21.8 Å². The van der Waals surface area contributed by atoms with Gasteiger partial charge in [-0.1, -0.05) is 32.8 Å². The van der Waals surface area contributed by atoms with Crippen molar-refractivity contribution in [1.82, 2.24) is 9.97 Å². The summed E-state index contributed by atoms with van der Waals surface area (Å²) < 4.78 is 1.00. The van der Waals surface area contributed by atoms with Crippen LogP contribution in [0.4, 0.5) is 0 Å². The van der Waals surface area contributed by atoms with Gasteiger partial charge >= 0.3 is 0 Å². The molecule has 0 radical (unpaired) electrons. The molecule has 18 heavy (non-hydrogen) atoms. The molecule has 0 aliphatic heterocycles. The number of amidine groups is 1. The maximum Gasteiger partial charge on any atom is 0.191 e. The fourth-order valence-corrected chi connectivity index (χ4v) is 2.36. The third-order valence-electron chi connectivity index (χ3n) is 2.04. The molecule has 2 rings (SSSR count). The molecule has 0 bridgehead atoms. The highest BCUT2D eigenvalue weighted by Gasteiger charge is 2.11. The Balaban J connectivity index is 2.32. The lowest BCUT2D eigenvalue weighted by Crippen LogP contribution is -2.16. The molecule has 5 nitrogen and oxygen atoms in total. The van der Waals surface area contributed by atoms with Gasteiger partial charge < -0.3 is 10.9 Å². The van der Waals surface area contributed by atoms with Gasteiger partial charge in [0.05, 0.1) is 0 Å². The van der Waals surface area contributed by atoms with Crippen molar-refractivity contribution in [2.45, 2.75) is 9.92 Å². The van der Waals surface area contributed by atoms with E-state index in [2.05, 4.69) is 31.1 Å². The summed E-state index contributed by atoms with van der Waals surface area (Å²) in [6.07, 6.45) is 3.06. The summed E-state index contributed by atoms with van der Waals surface area (Å²) in [6, 6.07) is 7.75. The molecule has 0 saturated carbocycles. The van der Waals surface area contributed by atoms with E-state index in [0.717, 1.165) is 9.37 Å². The Bertz CT molecular complexity index is 574. The number of hydrogen-bond acceptors (Lipinski definition) is 5. The van der Waals surface area contributed by atoms with E-state index in [1.807, 2.05) is 24.3 Å². The Morgan fingerprint density at radius 2 is 1.89 bits per heavy atom. The normalized spacial score (nSPS) is 11.5. The van der Waals surface area contributed by atoms with Crippen LogP contribution in [0.3, 0.4) is 0 Å². The molecule has 0 amide bonds. The number of nitrogens with zero attached hydrogens (tertiary/aromatic N) is 3. The van der Waals surface area contributed by atoms with Crippen molar-refractivity contribution in [3.63, 3.8) is 0 Å². The summed E-state index contributed by atoms with van der Waals surface area (Å²) in [5.74, 6) is -0.0530. The highest BCUT2D eigenvalue weighted by molar-refractivity contribution is 9.10. The lowest BCUT2D eigenvalue weighted by atomic mass is 10.4. The second kappa shape index (κ2) is 5.83. The topological polar surface area (TPSA) is 84.4 Å². The van der Waals surface area contributed by atoms with Crippen LogP contribution in [0.25, 0.3) is 0 Å². The molecular weight excluding hydrogens is 316 g/mol. The highest BCUT2D eigenvalue weighted by atomic mass is 79.9. The van der Waals surface area contributed by atoms with E-state index in [0.29, 0.717) is 10.7 Å². The van der Waals surface area contributed by atoms with Crippen molar-refractivity contribution in [2.75, 3.05) is 0 Å². The summed E-state index contributed by atoms with van der Waals surface area (Å²) >= 11 is 4.77. The standard InChI is InChI=1S/C11H9BrN4OS/c12-7-1-3-8(4-2-7)18-11-9(10(13)16-17)14-5-6-15-11/h1-6,17H,(H2,13,16). The maximum absolute atomic E-state index is 8.69. The zero-order valence-corrected chi connectivity index (χ0v) is 11.5. The Labute approximate surface area is 116 Å². The Hall–Kier alpha value is -1.60. The van der Waals surface area contributed by atoms with Gasteiger partial charge in [0.15, 0.2) is 5.84 Å². The van der Waals surface area contributed by atoms with Crippen LogP contribution >= 0.6 is 27.7 Å². The molecule has 0 aliphatic carbocycles. The predicted molar refractivity (Wildman–Crippen MR) is 72.8 cm³/mol. The molecule has 3 N–H and O–H groups in total. The first-order chi connectivity index (χ1) is 8.70. The number of halogens is 1. The van der Waals surface area contributed by atoms with Crippen LogP contribution in [0.2, 0.25) is 0 Å². The fraction of sp³-hybridized carbons (Fsp3) is 0. The van der Waals surface area contributed by atoms with Crippen LogP contribution < -0.4 is 5.73 Å². The molecule has 0 unspecified atom stereocenters. The van der Waals surface area contributed by atoms with E-state index >= 15 is 0 Å². The van der Waals surface area contributed by atoms with Crippen LogP contribution in [-0.2, 0) is 0 Å². The Morgan fingerprint density at radius 3 is 2.56 bits per heavy atom. The van der Waals surface area contributed by atoms with Crippen molar-refractivity contribution < 1.29 is 5.21 Å². The van der Waals surface area contributed by atoms with E-state index in [-0.39, 0.29) is 5.84 Å². The first kappa shape index (κ1) is 12.8. The molecule has 92 valence electrons. The molecule has 0 aliphatic rings. The molecule has 1 aromatic carbocycles. The molecule has 7 heteroatoms. The number of hydrogen-bond donors (Lipinski definition) is 2. The second-order valence-electron chi connectivity index (χ2n) is 3.25. The first-order valence-corrected chi connectivity index (χ1v) is 6.54. The molecule has 1 heterocycles. The average molecular weight is 325 g/mol. The molecule has 2 aromatic rings. The maximum atomic E-state index is 8.69. The van der Waals surface area contributed by atoms with E-state index in [9.17, 15) is 0 Å². The van der Waals surface area contributed by atoms with Crippen LogP contribution in [0.5, 0.6) is 0 Å². The minimum Gasteiger partial charge on any atom is -0.409 e. The molecule has 0 fully saturated rings. The zero-order valence-electron chi connectivity index (χ0n) is 9.12. The smallest absolute Gasteiger partial charge is 0.191 e. The van der Waals surface area contributed by atoms with Crippen molar-refractivity contribution in [2.24, 2.45) is 10.9 Å². The number of rotatable bonds is 3. The highest BCUT2D eigenvalue weighted by Crippen LogP contribution is 2.28. The second-order valence-corrected chi connectivity index (χ2v) is 5.23. The minimum absolute atomic E-state index is 0.0530. The Kier molecular flexibility index (Phi) is 4.16. The van der Waals surface area contributed by atoms with Gasteiger partial charge in [-0.15, -0.1) is 0 Å². The summed E-state index contributed by atoms with van der Waals surface area (Å²) in [7, 11) is 0. The van der Waals surface area contributed by atoms with Crippen molar-refractivity contribution in [3.05, 3.63) is 46.8 Å². The minimum atomic E-state index is -0.0530. The monoisotopic (exact) mass is 324 g/mol. The predicted octanol–water partition coefficient (Wildman–Crippen LogP) is 2.48. The molecule has 0 spiro atoms. The summed E-state index contributed by atoms with van der Waals surface area (Å²) in [6.45, 7) is 0. The number of aromatic nitrogens is 2. The summed E-state index contributed by atoms with van der Waals surface area (Å²) in [4.78, 5) is 9.23. The van der Waals surface area contributed by atoms with Gasteiger partial charge in [0.1, 0.15) is 10.7 Å². The zero-order chi connectivity index (χ0) is 13.0. The molecule has 1 aromatic heterocycles. The van der Waals surface area contributed by atoms with Gasteiger partial charge in [-0.3, -0.25) is 0 Å². The third kappa shape index (κ3) is 2.99. The lowest BCUT2D eigenvalue weighted by molar-refractivity contribution is 0.318. The van der Waals surface area contributed by atoms with Gasteiger partial charge in [0.25, 0.3) is 0 Å². The van der Waals surface area contributed by atoms with E-state index in [1.165, 1.54) is 18.0 Å². The van der Waals surface area contributed by atoms with Crippen LogP contribution in [0.15, 0.2) is 56.2 Å². The SMILES string of the molecule is NC(=NO)c1nccnc1Sc1ccc(Br)cc1. The summed E-state index contributed by atoms with van der Waals surface area (Å²) in [5, 5.41) is 12.2. The lowest BCUT2D eigenvalue weighted by Gasteiger charge is -2.05. The van der Waals surface area contributed by atoms with Crippen molar-refractivity contribution in [3.8, 4) is 0 Å². The van der Waals surface area contributed by atoms with Crippen LogP contribution in [0.1, 0.15) is 5.69 Å². The Morgan fingerprint density at radius 1 is 1.22 bits per heavy atom. The van der Waals surface area contributed by atoms with Crippen molar-refractivity contribution in [1.29, 1.82) is 0 Å². The molecule has 0 saturated heterocycles. The average Bonchev–Trinajstić information content (AvgIpc) is 2.41. The van der Waals surface area contributed by atoms with Crippen molar-refractivity contribution >= 4 is 33.5 Å². The first-order valence-electron chi connectivity index (χ1n) is 4.93. The van der Waals surface area contributed by atoms with Crippen LogP contribution in [0, 0.1) is 0 Å². The quantitative estimate of drug-likeness (QED) is 0.392. The number of benzene rings is 1. The van der Waals surface area contributed by atoms with Gasteiger partial charge in [-0.2, -0.15) is 0 Å². The van der Waals surface area contributed by atoms with Crippen LogP contribution in [-0.4, -0.2) is 21.0 Å². The van der Waals surface area contributed by atoms with E-state index in [4.69, 9.17) is 10.9 Å². The van der Waals surface area contributed by atoms with Gasteiger partial charge in [-0.05, 0) is 24.3 Å². The fourth-order valence-electron chi connectivity index (χ4n) is 1.24. The van der Waals surface area contributed by atoms with Gasteiger partial charge in [-0.25, -0.2) is 9.97 Å². The van der Waals surface area contributed by atoms with E-state index in [1.54, 1.807) is 6.20 Å². The summed E-state index contributed by atoms with van der Waals surface area (Å²) in [5.41, 5.74) is 5.92. The number of oxime groups is 1. The largest absolute Gasteiger partial charge is 0.409 e. The molecular formula is C11H9BrN4OS. The molecule has 0 atom stereocenters. The third-order valence-corrected chi connectivity index (χ3v) is 3.57.